The minimum atomic E-state index is -1.35. The van der Waals surface area contributed by atoms with Crippen molar-refractivity contribution in [2.75, 3.05) is 0 Å². The van der Waals surface area contributed by atoms with E-state index in [1.54, 1.807) is 0 Å². The molecule has 0 aliphatic carbocycles. The summed E-state index contributed by atoms with van der Waals surface area (Å²) in [7, 11) is 0.643. The summed E-state index contributed by atoms with van der Waals surface area (Å²) < 4.78 is 2.05. The van der Waals surface area contributed by atoms with Gasteiger partial charge in [-0.3, -0.25) is 0 Å². The van der Waals surface area contributed by atoms with Crippen LogP contribution in [0.1, 0.15) is 18.2 Å². The minimum Gasteiger partial charge on any atom is -0.386 e. The van der Waals surface area contributed by atoms with Crippen LogP contribution in [0.4, 0.5) is 0 Å². The van der Waals surface area contributed by atoms with Gasteiger partial charge in [0.1, 0.15) is 14.2 Å². The lowest BCUT2D eigenvalue weighted by Gasteiger charge is -2.10. The molecule has 1 atom stereocenters. The molecule has 2 aromatic rings. The molecule has 0 saturated carbocycles. The number of benzene rings is 1. The Balaban J connectivity index is 2.24. The second kappa shape index (κ2) is 5.24. The highest BCUT2D eigenvalue weighted by atomic mass is 28.3. The first-order valence-corrected chi connectivity index (χ1v) is 10.1. The number of hydrogen-bond donors (Lipinski definition) is 1. The maximum Gasteiger partial charge on any atom is 0.129 e. The van der Waals surface area contributed by atoms with Crippen molar-refractivity contribution >= 4 is 19.0 Å². The average molecular weight is 271 g/mol. The van der Waals surface area contributed by atoms with Gasteiger partial charge in [-0.05, 0) is 17.5 Å². The number of rotatable bonds is 2. The van der Waals surface area contributed by atoms with Gasteiger partial charge in [-0.25, -0.2) is 0 Å². The van der Waals surface area contributed by atoms with Crippen molar-refractivity contribution < 1.29 is 5.11 Å². The van der Waals surface area contributed by atoms with Crippen LogP contribution in [-0.4, -0.2) is 17.7 Å². The van der Waals surface area contributed by atoms with Crippen LogP contribution in [0.25, 0.3) is 10.9 Å². The zero-order chi connectivity index (χ0) is 14.0. The Kier molecular flexibility index (Phi) is 3.84. The van der Waals surface area contributed by atoms with Crippen molar-refractivity contribution in [3.63, 3.8) is 0 Å². The summed E-state index contributed by atoms with van der Waals surface area (Å²) in [4.78, 5) is 0. The number of fused-ring (bicyclic) bond motifs is 1. The van der Waals surface area contributed by atoms with E-state index >= 15 is 0 Å². The topological polar surface area (TPSA) is 25.2 Å². The third kappa shape index (κ3) is 3.28. The number of aromatic nitrogens is 1. The van der Waals surface area contributed by atoms with E-state index in [0.29, 0.717) is 6.42 Å². The summed E-state index contributed by atoms with van der Waals surface area (Å²) in [6.45, 7) is 6.63. The van der Waals surface area contributed by atoms with Gasteiger partial charge < -0.3 is 9.67 Å². The van der Waals surface area contributed by atoms with E-state index in [4.69, 9.17) is 0 Å². The summed E-state index contributed by atoms with van der Waals surface area (Å²) in [6, 6.07) is 10.2. The summed E-state index contributed by atoms with van der Waals surface area (Å²) >= 11 is 0. The number of aryl methyl sites for hydroxylation is 1. The van der Waals surface area contributed by atoms with E-state index in [9.17, 15) is 5.11 Å². The lowest BCUT2D eigenvalue weighted by Crippen LogP contribution is -2.16. The van der Waals surface area contributed by atoms with E-state index < -0.39 is 14.2 Å². The number of nitrogens with zero attached hydrogens (tertiary/aromatic N) is 1. The molecule has 0 bridgehead atoms. The first kappa shape index (κ1) is 13.9. The summed E-state index contributed by atoms with van der Waals surface area (Å²) in [5.74, 6) is 3.14. The summed E-state index contributed by atoms with van der Waals surface area (Å²) in [5.41, 5.74) is 5.38. The van der Waals surface area contributed by atoms with Gasteiger partial charge in [-0.15, -0.1) is 11.5 Å². The fourth-order valence-electron chi connectivity index (χ4n) is 2.15. The molecule has 0 amide bonds. The molecule has 100 valence electrons. The van der Waals surface area contributed by atoms with E-state index in [-0.39, 0.29) is 0 Å². The molecule has 0 aliphatic rings. The van der Waals surface area contributed by atoms with Gasteiger partial charge in [0.05, 0.1) is 0 Å². The van der Waals surface area contributed by atoms with Gasteiger partial charge in [0.25, 0.3) is 0 Å². The number of aliphatic hydroxyl groups excluding tert-OH is 1. The second-order valence-corrected chi connectivity index (χ2v) is 10.7. The lowest BCUT2D eigenvalue weighted by atomic mass is 10.2. The van der Waals surface area contributed by atoms with Gasteiger partial charge in [-0.1, -0.05) is 37.8 Å². The predicted molar refractivity (Wildman–Crippen MR) is 83.6 cm³/mol. The van der Waals surface area contributed by atoms with Crippen LogP contribution in [-0.2, 0) is 7.05 Å². The first-order valence-electron chi connectivity index (χ1n) is 6.61. The highest BCUT2D eigenvalue weighted by Gasteiger charge is 2.13. The van der Waals surface area contributed by atoms with E-state index in [1.807, 2.05) is 19.2 Å². The highest BCUT2D eigenvalue weighted by molar-refractivity contribution is 6.83. The largest absolute Gasteiger partial charge is 0.386 e. The Hall–Kier alpha value is -1.50. The highest BCUT2D eigenvalue weighted by Crippen LogP contribution is 2.24. The van der Waals surface area contributed by atoms with Crippen LogP contribution in [0.15, 0.2) is 30.3 Å². The SMILES string of the molecule is Cn1c([C@@H](O)CC#C[Si](C)(C)C)cc2ccccc21. The van der Waals surface area contributed by atoms with E-state index in [1.165, 1.54) is 0 Å². The molecular formula is C16H21NOSi. The lowest BCUT2D eigenvalue weighted by molar-refractivity contribution is 0.176. The molecule has 0 unspecified atom stereocenters. The predicted octanol–water partition coefficient (Wildman–Crippen LogP) is 3.48. The van der Waals surface area contributed by atoms with Crippen LogP contribution < -0.4 is 0 Å². The minimum absolute atomic E-state index is 0.508. The molecule has 19 heavy (non-hydrogen) atoms. The standard InChI is InChI=1S/C16H21NOSi/c1-17-14-9-6-5-8-13(14)12-15(17)16(18)10-7-11-19(2,3)4/h5-6,8-9,12,16,18H,10H2,1-4H3/t16-/m0/s1. The number of para-hydroxylation sites is 1. The maximum absolute atomic E-state index is 10.3. The van der Waals surface area contributed by atoms with Gasteiger partial charge in [0.2, 0.25) is 0 Å². The number of hydrogen-bond acceptors (Lipinski definition) is 1. The van der Waals surface area contributed by atoms with Crippen LogP contribution in [0.3, 0.4) is 0 Å². The Labute approximate surface area is 116 Å². The molecule has 0 fully saturated rings. The Morgan fingerprint density at radius 2 is 1.95 bits per heavy atom. The zero-order valence-electron chi connectivity index (χ0n) is 12.1. The van der Waals surface area contributed by atoms with Crippen LogP contribution in [0, 0.1) is 11.5 Å². The van der Waals surface area contributed by atoms with Crippen LogP contribution in [0.5, 0.6) is 0 Å². The van der Waals surface area contributed by atoms with E-state index in [2.05, 4.69) is 53.9 Å². The van der Waals surface area contributed by atoms with Crippen molar-refractivity contribution in [1.29, 1.82) is 0 Å². The van der Waals surface area contributed by atoms with Crippen molar-refractivity contribution in [2.45, 2.75) is 32.2 Å². The number of aliphatic hydroxyl groups is 1. The van der Waals surface area contributed by atoms with Gasteiger partial charge >= 0.3 is 0 Å². The quantitative estimate of drug-likeness (QED) is 0.656. The van der Waals surface area contributed by atoms with Crippen molar-refractivity contribution in [3.05, 3.63) is 36.0 Å². The molecule has 1 aromatic heterocycles. The summed E-state index contributed by atoms with van der Waals surface area (Å²) in [6.07, 6.45) is -0.00437. The average Bonchev–Trinajstić information content (AvgIpc) is 2.66. The maximum atomic E-state index is 10.3. The molecule has 2 rings (SSSR count). The molecule has 3 heteroatoms. The van der Waals surface area contributed by atoms with Crippen LogP contribution in [0.2, 0.25) is 19.6 Å². The van der Waals surface area contributed by atoms with Gasteiger partial charge in [-0.2, -0.15) is 0 Å². The van der Waals surface area contributed by atoms with Crippen molar-refractivity contribution in [1.82, 2.24) is 4.57 Å². The Morgan fingerprint density at radius 1 is 1.26 bits per heavy atom. The Morgan fingerprint density at radius 3 is 2.58 bits per heavy atom. The smallest absolute Gasteiger partial charge is 0.129 e. The molecular weight excluding hydrogens is 250 g/mol. The third-order valence-electron chi connectivity index (χ3n) is 3.09. The van der Waals surface area contributed by atoms with Crippen molar-refractivity contribution in [3.8, 4) is 11.5 Å². The van der Waals surface area contributed by atoms with E-state index in [0.717, 1.165) is 16.6 Å². The normalized spacial score (nSPS) is 13.1. The van der Waals surface area contributed by atoms with Crippen LogP contribution >= 0.6 is 0 Å². The molecule has 1 N–H and O–H groups in total. The molecule has 0 radical (unpaired) electrons. The monoisotopic (exact) mass is 271 g/mol. The third-order valence-corrected chi connectivity index (χ3v) is 4.02. The fraction of sp³-hybridized carbons (Fsp3) is 0.375. The molecule has 0 saturated heterocycles. The first-order chi connectivity index (χ1) is 8.88. The molecule has 1 heterocycles. The Bertz CT molecular complexity index is 640. The second-order valence-electron chi connectivity index (χ2n) is 5.96. The molecule has 2 nitrogen and oxygen atoms in total. The van der Waals surface area contributed by atoms with Gasteiger partial charge in [0.15, 0.2) is 0 Å². The molecule has 0 aliphatic heterocycles. The molecule has 0 spiro atoms. The summed E-state index contributed by atoms with van der Waals surface area (Å²) in [5, 5.41) is 11.5. The fourth-order valence-corrected chi connectivity index (χ4v) is 2.78. The molecule has 1 aromatic carbocycles. The van der Waals surface area contributed by atoms with Gasteiger partial charge in [0, 0.05) is 24.7 Å². The zero-order valence-corrected chi connectivity index (χ0v) is 13.1. The van der Waals surface area contributed by atoms with Crippen molar-refractivity contribution in [2.24, 2.45) is 7.05 Å².